The van der Waals surface area contributed by atoms with Gasteiger partial charge in [-0.25, -0.2) is 9.78 Å². The quantitative estimate of drug-likeness (QED) is 0.190. The zero-order chi connectivity index (χ0) is 24.2. The molecule has 0 bridgehead atoms. The molecule has 2 heterocycles. The Kier molecular flexibility index (Phi) is 6.44. The number of thioether (sulfide) groups is 1. The third-order valence-electron chi connectivity index (χ3n) is 5.45. The van der Waals surface area contributed by atoms with Crippen molar-refractivity contribution in [3.05, 3.63) is 72.3 Å². The molecule has 0 aliphatic heterocycles. The van der Waals surface area contributed by atoms with Crippen molar-refractivity contribution in [2.45, 2.75) is 18.6 Å². The minimum absolute atomic E-state index is 0.242. The lowest BCUT2D eigenvalue weighted by molar-refractivity contribution is 0.104. The van der Waals surface area contributed by atoms with Gasteiger partial charge in [0.05, 0.1) is 18.7 Å². The van der Waals surface area contributed by atoms with Crippen molar-refractivity contribution in [2.75, 3.05) is 12.9 Å². The van der Waals surface area contributed by atoms with Gasteiger partial charge < -0.3 is 14.0 Å². The van der Waals surface area contributed by atoms with E-state index in [2.05, 4.69) is 49.5 Å². The highest BCUT2D eigenvalue weighted by atomic mass is 32.2. The molecule has 35 heavy (non-hydrogen) atoms. The molecule has 0 aliphatic rings. The van der Waals surface area contributed by atoms with Crippen LogP contribution in [-0.4, -0.2) is 49.2 Å². The van der Waals surface area contributed by atoms with Crippen LogP contribution in [0.1, 0.15) is 12.5 Å². The first kappa shape index (κ1) is 22.6. The second-order valence-electron chi connectivity index (χ2n) is 7.57. The van der Waals surface area contributed by atoms with Crippen LogP contribution in [0.2, 0.25) is 0 Å². The molecule has 5 aromatic rings. The SMILES string of the molecule is CCOC(=O)Oc1cccc2nc(SC)n(Cc3ccc(-c4ccccc4-c4nn[nH]n4)cc3)c12. The second kappa shape index (κ2) is 9.98. The number of rotatable bonds is 7. The summed E-state index contributed by atoms with van der Waals surface area (Å²) >= 11 is 1.54. The molecule has 0 atom stereocenters. The molecule has 0 aliphatic carbocycles. The van der Waals surface area contributed by atoms with Gasteiger partial charge in [0.25, 0.3) is 0 Å². The predicted octanol–water partition coefficient (Wildman–Crippen LogP) is 5.19. The maximum absolute atomic E-state index is 12.0. The van der Waals surface area contributed by atoms with Crippen LogP contribution in [0, 0.1) is 0 Å². The largest absolute Gasteiger partial charge is 0.513 e. The lowest BCUT2D eigenvalue weighted by Crippen LogP contribution is -2.11. The molecule has 9 nitrogen and oxygen atoms in total. The molecule has 0 spiro atoms. The molecule has 0 radical (unpaired) electrons. The molecular weight excluding hydrogens is 464 g/mol. The molecule has 0 saturated heterocycles. The van der Waals surface area contributed by atoms with Gasteiger partial charge in [-0.3, -0.25) is 0 Å². The number of nitrogens with one attached hydrogen (secondary N) is 1. The number of aromatic nitrogens is 6. The Morgan fingerprint density at radius 1 is 1.03 bits per heavy atom. The Balaban J connectivity index is 1.48. The third kappa shape index (κ3) is 4.60. The number of carbonyl (C=O) groups is 1. The van der Waals surface area contributed by atoms with E-state index in [1.807, 2.05) is 42.7 Å². The number of carbonyl (C=O) groups excluding carboxylic acids is 1. The summed E-state index contributed by atoms with van der Waals surface area (Å²) in [6.07, 6.45) is 1.24. The first-order valence-corrected chi connectivity index (χ1v) is 12.2. The number of para-hydroxylation sites is 1. The number of benzene rings is 3. The minimum atomic E-state index is -0.733. The molecule has 3 aromatic carbocycles. The first-order valence-electron chi connectivity index (χ1n) is 11.0. The van der Waals surface area contributed by atoms with E-state index in [1.54, 1.807) is 13.0 Å². The molecule has 1 N–H and O–H groups in total. The Hall–Kier alpha value is -4.18. The van der Waals surface area contributed by atoms with Gasteiger partial charge in [-0.1, -0.05) is 66.4 Å². The molecule has 10 heteroatoms. The predicted molar refractivity (Wildman–Crippen MR) is 133 cm³/mol. The Morgan fingerprint density at radius 3 is 2.54 bits per heavy atom. The number of fused-ring (bicyclic) bond motifs is 1. The molecular formula is C25H22N6O3S. The number of hydrogen-bond acceptors (Lipinski definition) is 8. The number of H-pyrrole nitrogens is 1. The van der Waals surface area contributed by atoms with Crippen molar-refractivity contribution in [1.29, 1.82) is 0 Å². The lowest BCUT2D eigenvalue weighted by Gasteiger charge is -2.12. The number of aromatic amines is 1. The van der Waals surface area contributed by atoms with E-state index in [1.165, 1.54) is 11.8 Å². The number of nitrogens with zero attached hydrogens (tertiary/aromatic N) is 5. The monoisotopic (exact) mass is 486 g/mol. The zero-order valence-electron chi connectivity index (χ0n) is 19.1. The van der Waals surface area contributed by atoms with Crippen LogP contribution in [0.15, 0.2) is 71.9 Å². The van der Waals surface area contributed by atoms with Crippen molar-refractivity contribution in [1.82, 2.24) is 30.2 Å². The summed E-state index contributed by atoms with van der Waals surface area (Å²) in [5.74, 6) is 0.965. The van der Waals surface area contributed by atoms with E-state index < -0.39 is 6.16 Å². The van der Waals surface area contributed by atoms with Gasteiger partial charge in [0.1, 0.15) is 5.52 Å². The topological polar surface area (TPSA) is 108 Å². The highest BCUT2D eigenvalue weighted by Gasteiger charge is 2.18. The van der Waals surface area contributed by atoms with E-state index in [0.29, 0.717) is 18.1 Å². The fraction of sp³-hybridized carbons (Fsp3) is 0.160. The number of imidazole rings is 1. The summed E-state index contributed by atoms with van der Waals surface area (Å²) in [4.78, 5) is 16.7. The summed E-state index contributed by atoms with van der Waals surface area (Å²) in [6, 6.07) is 21.7. The average molecular weight is 487 g/mol. The highest BCUT2D eigenvalue weighted by molar-refractivity contribution is 7.98. The lowest BCUT2D eigenvalue weighted by atomic mass is 9.98. The average Bonchev–Trinajstić information content (AvgIpc) is 3.54. The second-order valence-corrected chi connectivity index (χ2v) is 8.34. The van der Waals surface area contributed by atoms with Gasteiger partial charge in [0.15, 0.2) is 10.9 Å². The van der Waals surface area contributed by atoms with Crippen LogP contribution in [0.25, 0.3) is 33.5 Å². The number of hydrogen-bond donors (Lipinski definition) is 1. The van der Waals surface area contributed by atoms with E-state index in [4.69, 9.17) is 14.5 Å². The van der Waals surface area contributed by atoms with Crippen molar-refractivity contribution in [3.63, 3.8) is 0 Å². The maximum atomic E-state index is 12.0. The van der Waals surface area contributed by atoms with Gasteiger partial charge in [-0.05, 0) is 47.2 Å². The number of ether oxygens (including phenoxy) is 2. The molecule has 0 unspecified atom stereocenters. The Labute approximate surface area is 205 Å². The molecule has 0 saturated carbocycles. The third-order valence-corrected chi connectivity index (χ3v) is 6.13. The summed E-state index contributed by atoms with van der Waals surface area (Å²) in [5, 5.41) is 15.3. The maximum Gasteiger partial charge on any atom is 0.513 e. The smallest absolute Gasteiger partial charge is 0.434 e. The minimum Gasteiger partial charge on any atom is -0.434 e. The highest BCUT2D eigenvalue weighted by Crippen LogP contribution is 2.33. The van der Waals surface area contributed by atoms with Gasteiger partial charge in [0.2, 0.25) is 5.82 Å². The van der Waals surface area contributed by atoms with Gasteiger partial charge in [0, 0.05) is 5.56 Å². The normalized spacial score (nSPS) is 11.0. The van der Waals surface area contributed by atoms with Crippen molar-refractivity contribution < 1.29 is 14.3 Å². The van der Waals surface area contributed by atoms with Gasteiger partial charge in [-0.15, -0.1) is 10.2 Å². The fourth-order valence-electron chi connectivity index (χ4n) is 3.93. The van der Waals surface area contributed by atoms with Crippen LogP contribution in [0.5, 0.6) is 5.75 Å². The van der Waals surface area contributed by atoms with E-state index in [9.17, 15) is 4.79 Å². The van der Waals surface area contributed by atoms with Crippen molar-refractivity contribution >= 4 is 29.0 Å². The van der Waals surface area contributed by atoms with Crippen LogP contribution >= 0.6 is 11.8 Å². The first-order chi connectivity index (χ1) is 17.2. The summed E-state index contributed by atoms with van der Waals surface area (Å²) < 4.78 is 12.5. The van der Waals surface area contributed by atoms with Gasteiger partial charge in [-0.2, -0.15) is 5.21 Å². The van der Waals surface area contributed by atoms with E-state index in [0.717, 1.165) is 38.4 Å². The van der Waals surface area contributed by atoms with Gasteiger partial charge >= 0.3 is 6.16 Å². The molecule has 5 rings (SSSR count). The molecule has 0 amide bonds. The molecule has 176 valence electrons. The fourth-order valence-corrected chi connectivity index (χ4v) is 4.50. The molecule has 2 aromatic heterocycles. The van der Waals surface area contributed by atoms with E-state index >= 15 is 0 Å². The summed E-state index contributed by atoms with van der Waals surface area (Å²) in [7, 11) is 0. The van der Waals surface area contributed by atoms with Crippen LogP contribution in [0.4, 0.5) is 4.79 Å². The zero-order valence-corrected chi connectivity index (χ0v) is 20.0. The Bertz CT molecular complexity index is 1460. The van der Waals surface area contributed by atoms with Crippen LogP contribution in [-0.2, 0) is 11.3 Å². The Morgan fingerprint density at radius 2 is 1.83 bits per heavy atom. The van der Waals surface area contributed by atoms with Crippen LogP contribution < -0.4 is 4.74 Å². The van der Waals surface area contributed by atoms with Crippen LogP contribution in [0.3, 0.4) is 0 Å². The summed E-state index contributed by atoms with van der Waals surface area (Å²) in [5.41, 5.74) is 5.54. The number of tetrazole rings is 1. The van der Waals surface area contributed by atoms with E-state index in [-0.39, 0.29) is 6.61 Å². The van der Waals surface area contributed by atoms with Crippen molar-refractivity contribution in [2.24, 2.45) is 0 Å². The molecule has 0 fully saturated rings. The summed E-state index contributed by atoms with van der Waals surface area (Å²) in [6.45, 7) is 2.54. The van der Waals surface area contributed by atoms with Crippen molar-refractivity contribution in [3.8, 4) is 28.3 Å². The standard InChI is InChI=1S/C25H22N6O3S/c1-3-33-25(32)34-21-10-6-9-20-22(21)31(24(26-20)35-2)15-16-11-13-17(14-12-16)18-7-4-5-8-19(18)23-27-29-30-28-23/h4-14H,3,15H2,1-2H3,(H,27,28,29,30).